The number of carbonyl (C=O) groups excluding carboxylic acids is 1. The molecule has 0 saturated heterocycles. The van der Waals surface area contributed by atoms with Gasteiger partial charge >= 0.3 is 0 Å². The summed E-state index contributed by atoms with van der Waals surface area (Å²) in [6, 6.07) is 10.1. The lowest BCUT2D eigenvalue weighted by molar-refractivity contribution is -0.119. The Labute approximate surface area is 157 Å². The molecule has 2 aromatic rings. The molecule has 0 saturated carbocycles. The number of nitrogens with zero attached hydrogens (tertiary/aromatic N) is 2. The van der Waals surface area contributed by atoms with Gasteiger partial charge in [0.2, 0.25) is 5.91 Å². The number of benzene rings is 1. The molecule has 0 radical (unpaired) electrons. The van der Waals surface area contributed by atoms with E-state index >= 15 is 0 Å². The summed E-state index contributed by atoms with van der Waals surface area (Å²) < 4.78 is 6.24. The molecule has 1 aromatic heterocycles. The molecule has 0 aliphatic rings. The molecule has 0 fully saturated rings. The third-order valence-electron chi connectivity index (χ3n) is 3.30. The predicted molar refractivity (Wildman–Crippen MR) is 103 cm³/mol. The highest BCUT2D eigenvalue weighted by Gasteiger charge is 2.17. The fourth-order valence-corrected chi connectivity index (χ4v) is 3.92. The molecule has 0 aliphatic heterocycles. The molecule has 1 aromatic carbocycles. The molecule has 5 nitrogen and oxygen atoms in total. The van der Waals surface area contributed by atoms with Crippen LogP contribution in [0.1, 0.15) is 45.7 Å². The minimum Gasteiger partial charge on any atom is -0.466 e. The Hall–Kier alpha value is -1.60. The van der Waals surface area contributed by atoms with Gasteiger partial charge in [-0.15, -0.1) is 5.10 Å². The zero-order chi connectivity index (χ0) is 18.2. The molecule has 136 valence electrons. The van der Waals surface area contributed by atoms with Gasteiger partial charge < -0.3 is 10.1 Å². The van der Waals surface area contributed by atoms with E-state index in [0.717, 1.165) is 16.3 Å². The van der Waals surface area contributed by atoms with Gasteiger partial charge in [0.1, 0.15) is 0 Å². The van der Waals surface area contributed by atoms with Crippen LogP contribution in [0.15, 0.2) is 34.7 Å². The number of hydrogen-bond donors (Lipinski definition) is 1. The van der Waals surface area contributed by atoms with Crippen LogP contribution >= 0.6 is 23.1 Å². The molecule has 2 rings (SSSR count). The van der Waals surface area contributed by atoms with Crippen molar-refractivity contribution in [1.29, 1.82) is 0 Å². The monoisotopic (exact) mass is 379 g/mol. The lowest BCUT2D eigenvalue weighted by Gasteiger charge is -2.21. The number of aromatic nitrogens is 2. The van der Waals surface area contributed by atoms with Gasteiger partial charge in [-0.3, -0.25) is 4.79 Å². The van der Waals surface area contributed by atoms with E-state index in [1.807, 2.05) is 32.0 Å². The summed E-state index contributed by atoms with van der Waals surface area (Å²) in [7, 11) is 0. The zero-order valence-electron chi connectivity index (χ0n) is 15.1. The fourth-order valence-electron chi connectivity index (χ4n) is 2.30. The number of hydrogen-bond acceptors (Lipinski definition) is 6. The molecular weight excluding hydrogens is 354 g/mol. The third kappa shape index (κ3) is 7.04. The van der Waals surface area contributed by atoms with Crippen molar-refractivity contribution < 1.29 is 9.53 Å². The average molecular weight is 380 g/mol. The van der Waals surface area contributed by atoms with Crippen molar-refractivity contribution in [1.82, 2.24) is 15.5 Å². The molecule has 1 unspecified atom stereocenters. The van der Waals surface area contributed by atoms with Gasteiger partial charge in [0, 0.05) is 0 Å². The van der Waals surface area contributed by atoms with Crippen molar-refractivity contribution in [2.45, 2.75) is 50.6 Å². The van der Waals surface area contributed by atoms with E-state index in [9.17, 15) is 4.79 Å². The highest BCUT2D eigenvalue weighted by atomic mass is 32.2. The summed E-state index contributed by atoms with van der Waals surface area (Å²) in [5.74, 6) is 0.815. The highest BCUT2D eigenvalue weighted by Crippen LogP contribution is 2.28. The Morgan fingerprint density at radius 2 is 1.92 bits per heavy atom. The second kappa shape index (κ2) is 9.77. The summed E-state index contributed by atoms with van der Waals surface area (Å²) in [6.07, 6.45) is 0.975. The van der Waals surface area contributed by atoms with Gasteiger partial charge in [-0.05, 0) is 43.1 Å². The first-order valence-electron chi connectivity index (χ1n) is 8.41. The molecule has 0 spiro atoms. The first-order valence-corrected chi connectivity index (χ1v) is 10.2. The van der Waals surface area contributed by atoms with Crippen molar-refractivity contribution in [3.8, 4) is 5.19 Å². The van der Waals surface area contributed by atoms with Crippen LogP contribution in [-0.2, 0) is 4.79 Å². The SMILES string of the molecule is CC(C)CC(NC(=O)CSc1nnc(OC(C)C)s1)c1ccccc1. The Kier molecular flexibility index (Phi) is 7.71. The zero-order valence-corrected chi connectivity index (χ0v) is 16.7. The van der Waals surface area contributed by atoms with Gasteiger partial charge in [0.25, 0.3) is 5.19 Å². The highest BCUT2D eigenvalue weighted by molar-refractivity contribution is 8.01. The fraction of sp³-hybridized carbons (Fsp3) is 0.500. The smallest absolute Gasteiger partial charge is 0.295 e. The van der Waals surface area contributed by atoms with Crippen LogP contribution in [0, 0.1) is 5.92 Å². The van der Waals surface area contributed by atoms with Gasteiger partial charge in [0.15, 0.2) is 4.34 Å². The first-order chi connectivity index (χ1) is 11.9. The Morgan fingerprint density at radius 3 is 2.56 bits per heavy atom. The Bertz CT molecular complexity index is 659. The maximum Gasteiger partial charge on any atom is 0.295 e. The standard InChI is InChI=1S/C18H25N3O2S2/c1-12(2)10-15(14-8-6-5-7-9-14)19-16(22)11-24-18-21-20-17(25-18)23-13(3)4/h5-9,12-13,15H,10-11H2,1-4H3,(H,19,22). The summed E-state index contributed by atoms with van der Waals surface area (Å²) in [5, 5.41) is 11.7. The largest absolute Gasteiger partial charge is 0.466 e. The quantitative estimate of drug-likeness (QED) is 0.657. The van der Waals surface area contributed by atoms with Crippen LogP contribution in [0.25, 0.3) is 0 Å². The van der Waals surface area contributed by atoms with E-state index in [2.05, 4.69) is 41.5 Å². The molecule has 1 N–H and O–H groups in total. The van der Waals surface area contributed by atoms with Crippen LogP contribution in [-0.4, -0.2) is 28.0 Å². The van der Waals surface area contributed by atoms with Crippen LogP contribution in [0.3, 0.4) is 0 Å². The van der Waals surface area contributed by atoms with Crippen LogP contribution in [0.2, 0.25) is 0 Å². The molecule has 1 amide bonds. The van der Waals surface area contributed by atoms with E-state index < -0.39 is 0 Å². The summed E-state index contributed by atoms with van der Waals surface area (Å²) in [5.41, 5.74) is 1.14. The van der Waals surface area contributed by atoms with Crippen LogP contribution in [0.4, 0.5) is 0 Å². The van der Waals surface area contributed by atoms with Crippen molar-refractivity contribution in [3.63, 3.8) is 0 Å². The minimum absolute atomic E-state index is 0.000955. The van der Waals surface area contributed by atoms with Gasteiger partial charge in [-0.2, -0.15) is 0 Å². The molecular formula is C18H25N3O2S2. The van der Waals surface area contributed by atoms with Crippen molar-refractivity contribution >= 4 is 29.0 Å². The number of nitrogens with one attached hydrogen (secondary N) is 1. The lowest BCUT2D eigenvalue weighted by Crippen LogP contribution is -2.30. The Balaban J connectivity index is 1.89. The predicted octanol–water partition coefficient (Wildman–Crippen LogP) is 4.32. The van der Waals surface area contributed by atoms with Crippen molar-refractivity contribution in [2.24, 2.45) is 5.92 Å². The van der Waals surface area contributed by atoms with Crippen LogP contribution < -0.4 is 10.1 Å². The van der Waals surface area contributed by atoms with Gasteiger partial charge in [-0.1, -0.05) is 61.0 Å². The van der Waals surface area contributed by atoms with E-state index in [1.165, 1.54) is 23.1 Å². The van der Waals surface area contributed by atoms with E-state index in [1.54, 1.807) is 0 Å². The van der Waals surface area contributed by atoms with E-state index in [4.69, 9.17) is 4.74 Å². The maximum atomic E-state index is 12.4. The second-order valence-corrected chi connectivity index (χ2v) is 8.61. The molecule has 25 heavy (non-hydrogen) atoms. The first kappa shape index (κ1) is 19.7. The molecule has 7 heteroatoms. The summed E-state index contributed by atoms with van der Waals surface area (Å²) in [6.45, 7) is 8.21. The van der Waals surface area contributed by atoms with Crippen molar-refractivity contribution in [3.05, 3.63) is 35.9 Å². The summed E-state index contributed by atoms with van der Waals surface area (Å²) >= 11 is 2.75. The average Bonchev–Trinajstić information content (AvgIpc) is 2.99. The van der Waals surface area contributed by atoms with E-state index in [0.29, 0.717) is 16.9 Å². The molecule has 1 atom stereocenters. The lowest BCUT2D eigenvalue weighted by atomic mass is 9.97. The van der Waals surface area contributed by atoms with E-state index in [-0.39, 0.29) is 18.1 Å². The number of carbonyl (C=O) groups is 1. The Morgan fingerprint density at radius 1 is 1.20 bits per heavy atom. The number of rotatable bonds is 9. The van der Waals surface area contributed by atoms with Crippen LogP contribution in [0.5, 0.6) is 5.19 Å². The van der Waals surface area contributed by atoms with Gasteiger partial charge in [-0.25, -0.2) is 0 Å². The maximum absolute atomic E-state index is 12.4. The van der Waals surface area contributed by atoms with Crippen molar-refractivity contribution in [2.75, 3.05) is 5.75 Å². The topological polar surface area (TPSA) is 64.1 Å². The number of amides is 1. The third-order valence-corrected chi connectivity index (χ3v) is 5.24. The molecule has 0 bridgehead atoms. The normalized spacial score (nSPS) is 12.4. The summed E-state index contributed by atoms with van der Waals surface area (Å²) in [4.78, 5) is 12.4. The number of ether oxygens (including phenoxy) is 1. The minimum atomic E-state index is 0.000955. The van der Waals surface area contributed by atoms with Gasteiger partial charge in [0.05, 0.1) is 17.9 Å². The second-order valence-electron chi connectivity index (χ2n) is 6.45. The molecule has 0 aliphatic carbocycles. The number of thioether (sulfide) groups is 1. The molecule has 1 heterocycles.